The second-order valence-electron chi connectivity index (χ2n) is 5.79. The van der Waals surface area contributed by atoms with E-state index >= 15 is 0 Å². The van der Waals surface area contributed by atoms with Gasteiger partial charge in [-0.25, -0.2) is 0 Å². The molecule has 18 heavy (non-hydrogen) atoms. The smallest absolute Gasteiger partial charge is 0.0569 e. The summed E-state index contributed by atoms with van der Waals surface area (Å²) in [5.41, 5.74) is 10.1. The first kappa shape index (κ1) is 13.5. The van der Waals surface area contributed by atoms with Crippen LogP contribution in [0.1, 0.15) is 16.7 Å². The third-order valence-electron chi connectivity index (χ3n) is 3.88. The zero-order valence-electron chi connectivity index (χ0n) is 11.7. The Kier molecular flexibility index (Phi) is 4.05. The van der Waals surface area contributed by atoms with Crippen molar-refractivity contribution >= 4 is 0 Å². The quantitative estimate of drug-likeness (QED) is 0.862. The lowest BCUT2D eigenvalue weighted by molar-refractivity contribution is -0.118. The van der Waals surface area contributed by atoms with Crippen LogP contribution < -0.4 is 5.73 Å². The Morgan fingerprint density at radius 2 is 2.00 bits per heavy atom. The maximum Gasteiger partial charge on any atom is 0.0569 e. The molecule has 100 valence electrons. The second-order valence-corrected chi connectivity index (χ2v) is 5.79. The Hall–Kier alpha value is -0.900. The average molecular weight is 248 g/mol. The predicted octanol–water partition coefficient (Wildman–Crippen LogP) is 1.71. The van der Waals surface area contributed by atoms with E-state index in [0.717, 1.165) is 26.3 Å². The van der Waals surface area contributed by atoms with Gasteiger partial charge >= 0.3 is 0 Å². The number of aryl methyl sites for hydroxylation is 2. The van der Waals surface area contributed by atoms with Gasteiger partial charge in [0, 0.05) is 25.0 Å². The van der Waals surface area contributed by atoms with Crippen molar-refractivity contribution in [3.8, 4) is 0 Å². The molecule has 0 bridgehead atoms. The molecule has 0 atom stereocenters. The molecule has 3 heteroatoms. The fourth-order valence-corrected chi connectivity index (χ4v) is 2.51. The average Bonchev–Trinajstić information content (AvgIpc) is 2.29. The van der Waals surface area contributed by atoms with E-state index < -0.39 is 0 Å². The highest BCUT2D eigenvalue weighted by Gasteiger charge is 2.38. The molecule has 0 unspecified atom stereocenters. The summed E-state index contributed by atoms with van der Waals surface area (Å²) < 4.78 is 5.31. The van der Waals surface area contributed by atoms with Crippen LogP contribution in [0.5, 0.6) is 0 Å². The van der Waals surface area contributed by atoms with Gasteiger partial charge in [0.05, 0.1) is 13.2 Å². The molecule has 3 nitrogen and oxygen atoms in total. The highest BCUT2D eigenvalue weighted by molar-refractivity contribution is 5.29. The highest BCUT2D eigenvalue weighted by atomic mass is 16.5. The lowest BCUT2D eigenvalue weighted by Gasteiger charge is -2.43. The monoisotopic (exact) mass is 248 g/mol. The summed E-state index contributed by atoms with van der Waals surface area (Å²) >= 11 is 0. The van der Waals surface area contributed by atoms with Gasteiger partial charge in [-0.15, -0.1) is 0 Å². The summed E-state index contributed by atoms with van der Waals surface area (Å²) in [7, 11) is 2.16. The molecule has 1 aromatic carbocycles. The van der Waals surface area contributed by atoms with E-state index in [1.54, 1.807) is 0 Å². The molecule has 0 aliphatic carbocycles. The maximum atomic E-state index is 5.85. The first-order chi connectivity index (χ1) is 8.54. The molecule has 1 saturated heterocycles. The number of hydrogen-bond donors (Lipinski definition) is 1. The lowest BCUT2D eigenvalue weighted by Crippen LogP contribution is -2.54. The van der Waals surface area contributed by atoms with Crippen LogP contribution in [0.15, 0.2) is 18.2 Å². The van der Waals surface area contributed by atoms with Crippen LogP contribution in [0.2, 0.25) is 0 Å². The second kappa shape index (κ2) is 5.39. The van der Waals surface area contributed by atoms with Crippen LogP contribution in [0.4, 0.5) is 0 Å². The maximum absolute atomic E-state index is 5.85. The number of rotatable bonds is 5. The van der Waals surface area contributed by atoms with E-state index in [2.05, 4.69) is 44.0 Å². The number of benzene rings is 1. The minimum atomic E-state index is 0.189. The van der Waals surface area contributed by atoms with Crippen molar-refractivity contribution < 1.29 is 4.74 Å². The molecular weight excluding hydrogens is 224 g/mol. The Balaban J connectivity index is 1.94. The molecule has 2 N–H and O–H groups in total. The van der Waals surface area contributed by atoms with Crippen LogP contribution >= 0.6 is 0 Å². The standard InChI is InChI=1S/C15H24N2O/c1-12-4-5-14(6-13(12)2)7-17(3)9-15(8-16)10-18-11-15/h4-6H,7-11,16H2,1-3H3. The Bertz CT molecular complexity index is 407. The van der Waals surface area contributed by atoms with Gasteiger partial charge in [0.25, 0.3) is 0 Å². The van der Waals surface area contributed by atoms with E-state index in [1.807, 2.05) is 0 Å². The summed E-state index contributed by atoms with van der Waals surface area (Å²) in [6.07, 6.45) is 0. The zero-order valence-corrected chi connectivity index (χ0v) is 11.7. The molecule has 0 saturated carbocycles. The van der Waals surface area contributed by atoms with E-state index in [-0.39, 0.29) is 5.41 Å². The first-order valence-corrected chi connectivity index (χ1v) is 6.57. The van der Waals surface area contributed by atoms with E-state index in [0.29, 0.717) is 6.54 Å². The Morgan fingerprint density at radius 1 is 1.28 bits per heavy atom. The van der Waals surface area contributed by atoms with Crippen molar-refractivity contribution in [2.24, 2.45) is 11.1 Å². The molecule has 0 radical (unpaired) electrons. The van der Waals surface area contributed by atoms with Crippen molar-refractivity contribution in [1.82, 2.24) is 4.90 Å². The van der Waals surface area contributed by atoms with Crippen molar-refractivity contribution in [3.63, 3.8) is 0 Å². The Morgan fingerprint density at radius 3 is 2.50 bits per heavy atom. The minimum Gasteiger partial charge on any atom is -0.380 e. The van der Waals surface area contributed by atoms with E-state index in [9.17, 15) is 0 Å². The summed E-state index contributed by atoms with van der Waals surface area (Å²) in [6.45, 7) is 8.63. The van der Waals surface area contributed by atoms with Crippen molar-refractivity contribution in [2.75, 3.05) is 33.4 Å². The van der Waals surface area contributed by atoms with Crippen LogP contribution in [0.3, 0.4) is 0 Å². The molecule has 1 aliphatic heterocycles. The van der Waals surface area contributed by atoms with E-state index in [1.165, 1.54) is 16.7 Å². The largest absolute Gasteiger partial charge is 0.380 e. The van der Waals surface area contributed by atoms with Gasteiger partial charge < -0.3 is 15.4 Å². The molecule has 0 spiro atoms. The van der Waals surface area contributed by atoms with Crippen LogP contribution in [0, 0.1) is 19.3 Å². The number of nitrogens with two attached hydrogens (primary N) is 1. The highest BCUT2D eigenvalue weighted by Crippen LogP contribution is 2.27. The SMILES string of the molecule is Cc1ccc(CN(C)CC2(CN)COC2)cc1C. The number of nitrogens with zero attached hydrogens (tertiary/aromatic N) is 1. The van der Waals surface area contributed by atoms with Gasteiger partial charge in [0.15, 0.2) is 0 Å². The van der Waals surface area contributed by atoms with Gasteiger partial charge in [0.1, 0.15) is 0 Å². The molecule has 1 fully saturated rings. The number of ether oxygens (including phenoxy) is 1. The third kappa shape index (κ3) is 2.91. The van der Waals surface area contributed by atoms with Gasteiger partial charge in [-0.1, -0.05) is 18.2 Å². The summed E-state index contributed by atoms with van der Waals surface area (Å²) in [4.78, 5) is 2.35. The fourth-order valence-electron chi connectivity index (χ4n) is 2.51. The molecule has 1 heterocycles. The topological polar surface area (TPSA) is 38.5 Å². The molecule has 1 aromatic rings. The molecule has 2 rings (SSSR count). The molecular formula is C15H24N2O. The summed E-state index contributed by atoms with van der Waals surface area (Å²) in [5, 5.41) is 0. The van der Waals surface area contributed by atoms with E-state index in [4.69, 9.17) is 10.5 Å². The normalized spacial score (nSPS) is 17.8. The van der Waals surface area contributed by atoms with Gasteiger partial charge in [-0.05, 0) is 37.6 Å². The summed E-state index contributed by atoms with van der Waals surface area (Å²) in [6, 6.07) is 6.69. The fraction of sp³-hybridized carbons (Fsp3) is 0.600. The Labute approximate surface area is 110 Å². The van der Waals surface area contributed by atoms with Crippen LogP contribution in [0.25, 0.3) is 0 Å². The lowest BCUT2D eigenvalue weighted by atomic mass is 9.85. The molecule has 1 aliphatic rings. The summed E-state index contributed by atoms with van der Waals surface area (Å²) in [5.74, 6) is 0. The zero-order chi connectivity index (χ0) is 13.2. The predicted molar refractivity (Wildman–Crippen MR) is 74.6 cm³/mol. The first-order valence-electron chi connectivity index (χ1n) is 6.57. The van der Waals surface area contributed by atoms with Crippen molar-refractivity contribution in [3.05, 3.63) is 34.9 Å². The van der Waals surface area contributed by atoms with Gasteiger partial charge in [0.2, 0.25) is 0 Å². The van der Waals surface area contributed by atoms with Gasteiger partial charge in [-0.3, -0.25) is 0 Å². The number of hydrogen-bond acceptors (Lipinski definition) is 3. The third-order valence-corrected chi connectivity index (χ3v) is 3.88. The minimum absolute atomic E-state index is 0.189. The van der Waals surface area contributed by atoms with Crippen LogP contribution in [-0.2, 0) is 11.3 Å². The molecule has 0 aromatic heterocycles. The van der Waals surface area contributed by atoms with Crippen LogP contribution in [-0.4, -0.2) is 38.3 Å². The molecule has 0 amide bonds. The van der Waals surface area contributed by atoms with Gasteiger partial charge in [-0.2, -0.15) is 0 Å². The van der Waals surface area contributed by atoms with Crippen molar-refractivity contribution in [2.45, 2.75) is 20.4 Å². The van der Waals surface area contributed by atoms with Crippen molar-refractivity contribution in [1.29, 1.82) is 0 Å².